The van der Waals surface area contributed by atoms with Crippen molar-refractivity contribution < 1.29 is 19.4 Å². The van der Waals surface area contributed by atoms with Crippen LogP contribution in [-0.4, -0.2) is 35.3 Å². The number of amides is 1. The first-order valence-electron chi connectivity index (χ1n) is 9.49. The van der Waals surface area contributed by atoms with Crippen LogP contribution in [0, 0.1) is 0 Å². The molecule has 1 aliphatic heterocycles. The lowest BCUT2D eigenvalue weighted by Gasteiger charge is -2.19. The Balaban J connectivity index is 1.38. The number of aromatic nitrogens is 1. The van der Waals surface area contributed by atoms with Crippen LogP contribution < -0.4 is 4.90 Å². The smallest absolute Gasteiger partial charge is 0.415 e. The van der Waals surface area contributed by atoms with E-state index in [4.69, 9.17) is 4.74 Å². The van der Waals surface area contributed by atoms with Crippen molar-refractivity contribution in [1.29, 1.82) is 0 Å². The number of carbonyl (C=O) groups is 2. The van der Waals surface area contributed by atoms with Crippen molar-refractivity contribution >= 4 is 17.9 Å². The van der Waals surface area contributed by atoms with Crippen LogP contribution in [0.15, 0.2) is 60.7 Å². The van der Waals surface area contributed by atoms with E-state index in [1.807, 2.05) is 24.3 Å². The molecule has 2 aromatic carbocycles. The third-order valence-corrected chi connectivity index (χ3v) is 5.59. The Morgan fingerprint density at radius 2 is 1.66 bits per heavy atom. The van der Waals surface area contributed by atoms with Crippen LogP contribution in [-0.2, 0) is 11.2 Å². The van der Waals surface area contributed by atoms with Gasteiger partial charge in [0.25, 0.3) is 0 Å². The van der Waals surface area contributed by atoms with Gasteiger partial charge < -0.3 is 9.84 Å². The van der Waals surface area contributed by atoms with Gasteiger partial charge in [0, 0.05) is 12.5 Å². The Kier molecular flexibility index (Phi) is 4.05. The van der Waals surface area contributed by atoms with Gasteiger partial charge in [0.05, 0.1) is 0 Å². The molecule has 0 saturated heterocycles. The van der Waals surface area contributed by atoms with Gasteiger partial charge in [0.1, 0.15) is 12.4 Å². The Hall–Kier alpha value is -3.67. The molecule has 1 amide bonds. The van der Waals surface area contributed by atoms with Gasteiger partial charge in [-0.3, -0.25) is 4.90 Å². The zero-order chi connectivity index (χ0) is 20.0. The molecule has 0 atom stereocenters. The average molecular weight is 386 g/mol. The summed E-state index contributed by atoms with van der Waals surface area (Å²) in [4.78, 5) is 29.6. The molecule has 29 heavy (non-hydrogen) atoms. The summed E-state index contributed by atoms with van der Waals surface area (Å²) >= 11 is 0. The molecule has 0 saturated carbocycles. The molecule has 6 nitrogen and oxygen atoms in total. The van der Waals surface area contributed by atoms with Crippen molar-refractivity contribution in [2.45, 2.75) is 12.3 Å². The average Bonchev–Trinajstić information content (AvgIpc) is 3.31. The summed E-state index contributed by atoms with van der Waals surface area (Å²) in [6, 6.07) is 19.5. The van der Waals surface area contributed by atoms with Crippen molar-refractivity contribution in [3.8, 4) is 11.1 Å². The first kappa shape index (κ1) is 17.4. The molecule has 5 rings (SSSR count). The van der Waals surface area contributed by atoms with E-state index in [1.54, 1.807) is 6.07 Å². The Labute approximate surface area is 167 Å². The van der Waals surface area contributed by atoms with Crippen LogP contribution in [0.1, 0.15) is 33.1 Å². The second-order valence-electron chi connectivity index (χ2n) is 7.19. The molecule has 0 radical (unpaired) electrons. The fourth-order valence-corrected chi connectivity index (χ4v) is 4.21. The van der Waals surface area contributed by atoms with Crippen LogP contribution in [0.25, 0.3) is 11.1 Å². The lowest BCUT2D eigenvalue weighted by atomic mass is 9.98. The predicted octanol–water partition coefficient (Wildman–Crippen LogP) is 4.09. The minimum absolute atomic E-state index is 0.0215. The van der Waals surface area contributed by atoms with Crippen molar-refractivity contribution in [3.05, 3.63) is 83.0 Å². The van der Waals surface area contributed by atoms with Gasteiger partial charge in [-0.25, -0.2) is 14.6 Å². The largest absolute Gasteiger partial charge is 0.477 e. The molecular weight excluding hydrogens is 368 g/mol. The molecule has 1 aromatic heterocycles. The molecule has 0 spiro atoms. The third kappa shape index (κ3) is 2.84. The maximum Gasteiger partial charge on any atom is 0.415 e. The van der Waals surface area contributed by atoms with Crippen LogP contribution in [0.5, 0.6) is 0 Å². The summed E-state index contributed by atoms with van der Waals surface area (Å²) in [7, 11) is 0. The molecule has 1 aliphatic carbocycles. The Morgan fingerprint density at radius 1 is 1.00 bits per heavy atom. The minimum Gasteiger partial charge on any atom is -0.477 e. The van der Waals surface area contributed by atoms with Crippen molar-refractivity contribution in [3.63, 3.8) is 0 Å². The van der Waals surface area contributed by atoms with E-state index < -0.39 is 12.1 Å². The van der Waals surface area contributed by atoms with E-state index in [9.17, 15) is 14.7 Å². The molecule has 2 heterocycles. The zero-order valence-electron chi connectivity index (χ0n) is 15.5. The van der Waals surface area contributed by atoms with E-state index in [-0.39, 0.29) is 18.2 Å². The van der Waals surface area contributed by atoms with Crippen molar-refractivity contribution in [1.82, 2.24) is 4.98 Å². The zero-order valence-corrected chi connectivity index (χ0v) is 15.5. The SMILES string of the molecule is O=C(O)c1ccc2c(n1)N(C(=O)OCC1c3ccccc3-c3ccccc31)CC2. The summed E-state index contributed by atoms with van der Waals surface area (Å²) < 4.78 is 5.68. The number of carbonyl (C=O) groups excluding carboxylic acids is 1. The minimum atomic E-state index is -1.12. The van der Waals surface area contributed by atoms with Gasteiger partial charge in [0.2, 0.25) is 0 Å². The Morgan fingerprint density at radius 3 is 2.31 bits per heavy atom. The number of carboxylic acid groups (broad SMARTS) is 1. The number of anilines is 1. The van der Waals surface area contributed by atoms with E-state index in [0.717, 1.165) is 16.7 Å². The normalized spacial score (nSPS) is 14.3. The highest BCUT2D eigenvalue weighted by atomic mass is 16.6. The number of carboxylic acids is 1. The quantitative estimate of drug-likeness (QED) is 0.733. The fourth-order valence-electron chi connectivity index (χ4n) is 4.21. The topological polar surface area (TPSA) is 79.7 Å². The lowest BCUT2D eigenvalue weighted by molar-refractivity contribution is 0.0690. The highest BCUT2D eigenvalue weighted by molar-refractivity contribution is 5.91. The molecular formula is C23H18N2O4. The second kappa shape index (κ2) is 6.74. The lowest BCUT2D eigenvalue weighted by Crippen LogP contribution is -2.31. The predicted molar refractivity (Wildman–Crippen MR) is 107 cm³/mol. The van der Waals surface area contributed by atoms with Gasteiger partial charge in [-0.2, -0.15) is 0 Å². The first-order valence-corrected chi connectivity index (χ1v) is 9.49. The third-order valence-electron chi connectivity index (χ3n) is 5.59. The molecule has 0 unspecified atom stereocenters. The summed E-state index contributed by atoms with van der Waals surface area (Å²) in [5, 5.41) is 9.18. The number of rotatable bonds is 3. The molecule has 1 N–H and O–H groups in total. The van der Waals surface area contributed by atoms with Crippen LogP contribution in [0.4, 0.5) is 10.6 Å². The highest BCUT2D eigenvalue weighted by Crippen LogP contribution is 2.44. The maximum absolute atomic E-state index is 12.8. The van der Waals surface area contributed by atoms with Crippen LogP contribution in [0.3, 0.4) is 0 Å². The van der Waals surface area contributed by atoms with Gasteiger partial charge in [-0.05, 0) is 40.3 Å². The van der Waals surface area contributed by atoms with Gasteiger partial charge >= 0.3 is 12.1 Å². The van der Waals surface area contributed by atoms with Gasteiger partial charge in [-0.1, -0.05) is 54.6 Å². The second-order valence-corrected chi connectivity index (χ2v) is 7.19. The molecule has 0 bridgehead atoms. The highest BCUT2D eigenvalue weighted by Gasteiger charge is 2.32. The number of benzene rings is 2. The number of nitrogens with zero attached hydrogens (tertiary/aromatic N) is 2. The summed E-state index contributed by atoms with van der Waals surface area (Å²) in [6.07, 6.45) is 0.132. The Bertz CT molecular complexity index is 1100. The summed E-state index contributed by atoms with van der Waals surface area (Å²) in [5.41, 5.74) is 5.40. The molecule has 144 valence electrons. The van der Waals surface area contributed by atoms with E-state index in [0.29, 0.717) is 18.8 Å². The van der Waals surface area contributed by atoms with Gasteiger partial charge in [0.15, 0.2) is 5.69 Å². The van der Waals surface area contributed by atoms with Crippen LogP contribution >= 0.6 is 0 Å². The molecule has 6 heteroatoms. The fraction of sp³-hybridized carbons (Fsp3) is 0.174. The summed E-state index contributed by atoms with van der Waals surface area (Å²) in [5.74, 6) is -0.763. The number of hydrogen-bond acceptors (Lipinski definition) is 4. The molecule has 0 fully saturated rings. The standard InChI is InChI=1S/C23H18N2O4/c26-22(27)20-10-9-14-11-12-25(21(14)24-20)23(28)29-13-19-17-7-3-1-5-15(17)16-6-2-4-8-18(16)19/h1-10,19H,11-13H2,(H,26,27). The van der Waals surface area contributed by atoms with E-state index in [2.05, 4.69) is 29.2 Å². The monoisotopic (exact) mass is 386 g/mol. The van der Waals surface area contributed by atoms with E-state index in [1.165, 1.54) is 22.1 Å². The number of pyridine rings is 1. The number of ether oxygens (including phenoxy) is 1. The number of hydrogen-bond donors (Lipinski definition) is 1. The molecule has 2 aliphatic rings. The maximum atomic E-state index is 12.8. The van der Waals surface area contributed by atoms with Crippen molar-refractivity contribution in [2.24, 2.45) is 0 Å². The van der Waals surface area contributed by atoms with E-state index >= 15 is 0 Å². The van der Waals surface area contributed by atoms with Gasteiger partial charge in [-0.15, -0.1) is 0 Å². The van der Waals surface area contributed by atoms with Crippen LogP contribution in [0.2, 0.25) is 0 Å². The first-order chi connectivity index (χ1) is 14.1. The molecule has 3 aromatic rings. The number of fused-ring (bicyclic) bond motifs is 4. The van der Waals surface area contributed by atoms with Crippen molar-refractivity contribution in [2.75, 3.05) is 18.1 Å². The number of aromatic carboxylic acids is 1. The summed E-state index contributed by atoms with van der Waals surface area (Å²) in [6.45, 7) is 0.652.